The molecule has 0 saturated heterocycles. The Balaban J connectivity index is 2.18. The molecule has 0 aliphatic heterocycles. The maximum Gasteiger partial charge on any atom is 0.387 e. The van der Waals surface area contributed by atoms with Gasteiger partial charge in [-0.2, -0.15) is 8.78 Å². The minimum atomic E-state index is -2.94. The van der Waals surface area contributed by atoms with E-state index in [4.69, 9.17) is 4.74 Å². The highest BCUT2D eigenvalue weighted by molar-refractivity contribution is 6.04. The van der Waals surface area contributed by atoms with Crippen LogP contribution in [0.25, 0.3) is 0 Å². The van der Waals surface area contributed by atoms with E-state index in [1.165, 1.54) is 20.1 Å². The number of nitrogens with one attached hydrogen (secondary N) is 2. The third kappa shape index (κ3) is 5.00. The normalized spacial score (nSPS) is 13.3. The third-order valence-electron chi connectivity index (χ3n) is 5.10. The smallest absolute Gasteiger partial charge is 0.387 e. The summed E-state index contributed by atoms with van der Waals surface area (Å²) in [6.07, 6.45) is 0. The number of carbonyl (C=O) groups excluding carboxylic acids is 2. The topological polar surface area (TPSA) is 72.8 Å². The summed E-state index contributed by atoms with van der Waals surface area (Å²) in [5.41, 5.74) is 3.15. The predicted molar refractivity (Wildman–Crippen MR) is 104 cm³/mol. The fraction of sp³-hybridized carbons (Fsp3) is 0.429. The zero-order valence-corrected chi connectivity index (χ0v) is 17.5. The van der Waals surface area contributed by atoms with E-state index in [1.807, 2.05) is 14.0 Å². The van der Waals surface area contributed by atoms with Gasteiger partial charge in [0.2, 0.25) is 5.78 Å². The van der Waals surface area contributed by atoms with E-state index in [0.29, 0.717) is 29.1 Å². The second kappa shape index (κ2) is 9.17. The minimum absolute atomic E-state index is 0.0396. The number of benzene rings is 1. The largest absolute Gasteiger partial charge is 0.493 e. The molecule has 1 unspecified atom stereocenters. The molecule has 8 heteroatoms. The summed E-state index contributed by atoms with van der Waals surface area (Å²) < 4.78 is 34.5. The molecule has 2 aromatic rings. The van der Waals surface area contributed by atoms with Crippen LogP contribution in [0.4, 0.5) is 8.78 Å². The van der Waals surface area contributed by atoms with Crippen LogP contribution in [0.1, 0.15) is 51.5 Å². The molecule has 6 nitrogen and oxygen atoms in total. The van der Waals surface area contributed by atoms with E-state index >= 15 is 0 Å². The first kappa shape index (κ1) is 22.5. The van der Waals surface area contributed by atoms with Crippen molar-refractivity contribution in [3.8, 4) is 11.5 Å². The van der Waals surface area contributed by atoms with Crippen molar-refractivity contribution in [1.29, 1.82) is 0 Å². The Bertz CT molecular complexity index is 908. The average Bonchev–Trinajstić information content (AvgIpc) is 2.95. The molecule has 2 N–H and O–H groups in total. The third-order valence-corrected chi connectivity index (χ3v) is 5.10. The summed E-state index contributed by atoms with van der Waals surface area (Å²) in [6, 6.07) is 4.32. The van der Waals surface area contributed by atoms with Crippen LogP contribution in [0.5, 0.6) is 11.5 Å². The molecule has 29 heavy (non-hydrogen) atoms. The molecule has 0 spiro atoms. The molecule has 2 rings (SSSR count). The summed E-state index contributed by atoms with van der Waals surface area (Å²) in [7, 11) is 3.25. The fourth-order valence-electron chi connectivity index (χ4n) is 3.46. The number of hydrogen-bond acceptors (Lipinski definition) is 4. The van der Waals surface area contributed by atoms with Crippen LogP contribution in [-0.2, 0) is 6.54 Å². The first-order valence-corrected chi connectivity index (χ1v) is 9.25. The Morgan fingerprint density at radius 2 is 1.86 bits per heavy atom. The van der Waals surface area contributed by atoms with Gasteiger partial charge in [-0.25, -0.2) is 0 Å². The SMILES string of the molecule is COc1cc(C[NH+](C)[C@@H](C)C(=O)c2[nH]c(C)c(C(C)=O)c2C)ccc1OC(F)F. The highest BCUT2D eigenvalue weighted by Gasteiger charge is 2.28. The van der Waals surface area contributed by atoms with Gasteiger partial charge in [0.05, 0.1) is 19.9 Å². The predicted octanol–water partition coefficient (Wildman–Crippen LogP) is 2.73. The van der Waals surface area contributed by atoms with Crippen molar-refractivity contribution in [2.75, 3.05) is 14.2 Å². The summed E-state index contributed by atoms with van der Waals surface area (Å²) in [6.45, 7) is 4.36. The summed E-state index contributed by atoms with van der Waals surface area (Å²) in [4.78, 5) is 28.8. The zero-order valence-electron chi connectivity index (χ0n) is 17.5. The van der Waals surface area contributed by atoms with E-state index in [0.717, 1.165) is 10.5 Å². The van der Waals surface area contributed by atoms with E-state index in [9.17, 15) is 18.4 Å². The van der Waals surface area contributed by atoms with Crippen LogP contribution in [0.15, 0.2) is 18.2 Å². The Morgan fingerprint density at radius 1 is 1.21 bits per heavy atom. The average molecular weight is 409 g/mol. The second-order valence-corrected chi connectivity index (χ2v) is 7.15. The minimum Gasteiger partial charge on any atom is -0.493 e. The maximum atomic E-state index is 13.0. The van der Waals surface area contributed by atoms with Gasteiger partial charge < -0.3 is 19.4 Å². The van der Waals surface area contributed by atoms with Gasteiger partial charge in [-0.05, 0) is 51.5 Å². The molecule has 1 aromatic heterocycles. The fourth-order valence-corrected chi connectivity index (χ4v) is 3.46. The molecular weight excluding hydrogens is 382 g/mol. The van der Waals surface area contributed by atoms with Gasteiger partial charge in [0.15, 0.2) is 23.3 Å². The number of ketones is 2. The number of methoxy groups -OCH3 is 1. The number of halogens is 2. The number of likely N-dealkylation sites (N-methyl/N-ethyl adjacent to an activating group) is 1. The molecule has 0 aliphatic carbocycles. The van der Waals surface area contributed by atoms with E-state index in [2.05, 4.69) is 9.72 Å². The highest BCUT2D eigenvalue weighted by Crippen LogP contribution is 2.29. The molecule has 0 fully saturated rings. The van der Waals surface area contributed by atoms with Gasteiger partial charge in [-0.3, -0.25) is 9.59 Å². The van der Waals surface area contributed by atoms with Crippen LogP contribution in [0.3, 0.4) is 0 Å². The van der Waals surface area contributed by atoms with Crippen molar-refractivity contribution in [3.05, 3.63) is 46.3 Å². The number of H-pyrrole nitrogens is 1. The van der Waals surface area contributed by atoms with Gasteiger partial charge in [0.1, 0.15) is 6.54 Å². The Labute approximate surface area is 168 Å². The van der Waals surface area contributed by atoms with Gasteiger partial charge >= 0.3 is 6.61 Å². The number of aromatic nitrogens is 1. The molecule has 1 aromatic carbocycles. The van der Waals surface area contributed by atoms with Crippen molar-refractivity contribution in [3.63, 3.8) is 0 Å². The van der Waals surface area contributed by atoms with Gasteiger partial charge in [0, 0.05) is 16.8 Å². The number of Topliss-reactive ketones (excluding diaryl/α,β-unsaturated/α-hetero) is 2. The number of alkyl halides is 2. The van der Waals surface area contributed by atoms with Crippen molar-refractivity contribution in [2.45, 2.75) is 46.9 Å². The Kier molecular flexibility index (Phi) is 7.13. The molecule has 1 heterocycles. The number of ether oxygens (including phenoxy) is 2. The van der Waals surface area contributed by atoms with Crippen LogP contribution in [-0.4, -0.2) is 43.4 Å². The lowest BCUT2D eigenvalue weighted by atomic mass is 10.0. The van der Waals surface area contributed by atoms with Crippen molar-refractivity contribution < 1.29 is 32.7 Å². The van der Waals surface area contributed by atoms with Gasteiger partial charge in [0.25, 0.3) is 0 Å². The highest BCUT2D eigenvalue weighted by atomic mass is 19.3. The first-order chi connectivity index (χ1) is 13.6. The van der Waals surface area contributed by atoms with Crippen LogP contribution in [0.2, 0.25) is 0 Å². The van der Waals surface area contributed by atoms with Gasteiger partial charge in [-0.15, -0.1) is 0 Å². The molecule has 0 aliphatic rings. The Morgan fingerprint density at radius 3 is 2.38 bits per heavy atom. The number of hydrogen-bond donors (Lipinski definition) is 2. The lowest BCUT2D eigenvalue weighted by Crippen LogP contribution is -3.12. The molecule has 0 amide bonds. The maximum absolute atomic E-state index is 13.0. The zero-order chi connectivity index (χ0) is 21.9. The van der Waals surface area contributed by atoms with E-state index in [1.54, 1.807) is 26.0 Å². The van der Waals surface area contributed by atoms with E-state index in [-0.39, 0.29) is 23.1 Å². The molecular formula is C21H27F2N2O4+. The van der Waals surface area contributed by atoms with Crippen molar-refractivity contribution in [1.82, 2.24) is 4.98 Å². The molecule has 0 bridgehead atoms. The lowest BCUT2D eigenvalue weighted by Gasteiger charge is -2.21. The molecule has 158 valence electrons. The van der Waals surface area contributed by atoms with E-state index < -0.39 is 12.7 Å². The van der Waals surface area contributed by atoms with Crippen molar-refractivity contribution in [2.24, 2.45) is 0 Å². The number of quaternary nitrogens is 1. The number of aryl methyl sites for hydroxylation is 1. The number of aromatic amines is 1. The number of carbonyl (C=O) groups is 2. The molecule has 0 radical (unpaired) electrons. The Hall–Kier alpha value is -2.74. The quantitative estimate of drug-likeness (QED) is 0.625. The van der Waals surface area contributed by atoms with Crippen molar-refractivity contribution >= 4 is 11.6 Å². The first-order valence-electron chi connectivity index (χ1n) is 9.25. The number of rotatable bonds is 9. The standard InChI is InChI=1S/C21H26F2N2O4/c1-11-18(14(4)26)12(2)24-19(11)20(27)13(3)25(5)10-15-7-8-16(29-21(22)23)17(9-15)28-6/h7-9,13,21,24H,10H2,1-6H3/p+1/t13-/m0/s1. The second-order valence-electron chi connectivity index (χ2n) is 7.15. The lowest BCUT2D eigenvalue weighted by molar-refractivity contribution is -0.907. The molecule has 2 atom stereocenters. The summed E-state index contributed by atoms with van der Waals surface area (Å²) in [5.74, 6) is -0.0131. The summed E-state index contributed by atoms with van der Waals surface area (Å²) >= 11 is 0. The van der Waals surface area contributed by atoms with Crippen LogP contribution >= 0.6 is 0 Å². The van der Waals surface area contributed by atoms with Crippen LogP contribution < -0.4 is 14.4 Å². The summed E-state index contributed by atoms with van der Waals surface area (Å²) in [5, 5.41) is 0. The van der Waals surface area contributed by atoms with Gasteiger partial charge in [-0.1, -0.05) is 0 Å². The monoisotopic (exact) mass is 409 g/mol. The van der Waals surface area contributed by atoms with Crippen LogP contribution in [0, 0.1) is 13.8 Å². The molecule has 0 saturated carbocycles.